The molecule has 0 saturated carbocycles. The molecule has 0 spiro atoms. The second-order valence-electron chi connectivity index (χ2n) is 10.9. The zero-order chi connectivity index (χ0) is 30.5. The van der Waals surface area contributed by atoms with Crippen LogP contribution in [0.15, 0.2) is 84.9 Å². The van der Waals surface area contributed by atoms with Crippen LogP contribution in [0.3, 0.4) is 0 Å². The van der Waals surface area contributed by atoms with Crippen LogP contribution in [0.25, 0.3) is 22.2 Å². The summed E-state index contributed by atoms with van der Waals surface area (Å²) < 4.78 is 10.5. The second-order valence-corrected chi connectivity index (χ2v) is 10.9. The van der Waals surface area contributed by atoms with Crippen LogP contribution in [0.5, 0.6) is 0 Å². The maximum absolute atomic E-state index is 14.3. The van der Waals surface area contributed by atoms with Gasteiger partial charge in [0.15, 0.2) is 0 Å². The summed E-state index contributed by atoms with van der Waals surface area (Å²) >= 11 is 0. The van der Waals surface area contributed by atoms with Gasteiger partial charge in [0.2, 0.25) is 5.91 Å². The Morgan fingerprint density at radius 2 is 1.64 bits per heavy atom. The molecule has 4 aromatic rings. The fourth-order valence-electron chi connectivity index (χ4n) is 5.99. The molecule has 1 N–H and O–H groups in total. The Kier molecular flexibility index (Phi) is 8.81. The first-order valence-electron chi connectivity index (χ1n) is 14.8. The van der Waals surface area contributed by atoms with Crippen LogP contribution >= 0.6 is 0 Å². The van der Waals surface area contributed by atoms with E-state index in [0.717, 1.165) is 30.0 Å². The molecule has 0 atom stereocenters. The molecular formula is C34H35N5O5. The lowest BCUT2D eigenvalue weighted by atomic mass is 9.95. The fourth-order valence-corrected chi connectivity index (χ4v) is 5.99. The lowest BCUT2D eigenvalue weighted by Crippen LogP contribution is -2.54. The van der Waals surface area contributed by atoms with Gasteiger partial charge < -0.3 is 14.4 Å². The van der Waals surface area contributed by atoms with Crippen molar-refractivity contribution in [3.05, 3.63) is 96.1 Å². The van der Waals surface area contributed by atoms with Gasteiger partial charge in [-0.15, -0.1) is 0 Å². The van der Waals surface area contributed by atoms with Gasteiger partial charge in [0.05, 0.1) is 36.1 Å². The fraction of sp³-hybridized carbons (Fsp3) is 0.294. The molecule has 0 radical (unpaired) electrons. The first kappa shape index (κ1) is 29.3. The van der Waals surface area contributed by atoms with Gasteiger partial charge in [0.25, 0.3) is 5.91 Å². The van der Waals surface area contributed by atoms with E-state index < -0.39 is 12.0 Å². The number of nitrogens with one attached hydrogen (secondary N) is 1. The van der Waals surface area contributed by atoms with Crippen molar-refractivity contribution in [1.82, 2.24) is 20.2 Å². The van der Waals surface area contributed by atoms with E-state index in [9.17, 15) is 14.4 Å². The SMILES string of the molecule is COC(=O)N(NC(=O)c1c(CN2CCN(C3CCOCC3)CC2=O)c(-c2ccccc2)nc2ccccc12)c1ccccc1. The Bertz CT molecular complexity index is 1640. The molecule has 3 amide bonds. The topological polar surface area (TPSA) is 104 Å². The van der Waals surface area contributed by atoms with Gasteiger partial charge >= 0.3 is 6.09 Å². The summed E-state index contributed by atoms with van der Waals surface area (Å²) in [6.07, 6.45) is 1.09. The van der Waals surface area contributed by atoms with E-state index in [2.05, 4.69) is 10.3 Å². The first-order chi connectivity index (χ1) is 21.5. The summed E-state index contributed by atoms with van der Waals surface area (Å²) in [6.45, 7) is 3.20. The van der Waals surface area contributed by atoms with E-state index >= 15 is 0 Å². The van der Waals surface area contributed by atoms with Crippen LogP contribution in [0, 0.1) is 0 Å². The molecular weight excluding hydrogens is 558 g/mol. The number of hydrogen-bond donors (Lipinski definition) is 1. The highest BCUT2D eigenvalue weighted by Gasteiger charge is 2.32. The van der Waals surface area contributed by atoms with Gasteiger partial charge in [0.1, 0.15) is 0 Å². The Balaban J connectivity index is 1.41. The molecule has 2 saturated heterocycles. The maximum Gasteiger partial charge on any atom is 0.433 e. The quantitative estimate of drug-likeness (QED) is 0.325. The second kappa shape index (κ2) is 13.2. The van der Waals surface area contributed by atoms with Gasteiger partial charge in [-0.2, -0.15) is 5.01 Å². The Hall–Kier alpha value is -4.80. The molecule has 44 heavy (non-hydrogen) atoms. The average Bonchev–Trinajstić information content (AvgIpc) is 3.08. The zero-order valence-electron chi connectivity index (χ0n) is 24.6. The molecule has 2 fully saturated rings. The van der Waals surface area contributed by atoms with Gasteiger partial charge in [0, 0.05) is 55.4 Å². The minimum Gasteiger partial charge on any atom is -0.451 e. The van der Waals surface area contributed by atoms with Gasteiger partial charge in [-0.1, -0.05) is 66.7 Å². The normalized spacial score (nSPS) is 16.1. The Morgan fingerprint density at radius 1 is 0.955 bits per heavy atom. The summed E-state index contributed by atoms with van der Waals surface area (Å²) in [7, 11) is 1.26. The number of carbonyl (C=O) groups excluding carboxylic acids is 3. The van der Waals surface area contributed by atoms with E-state index in [1.165, 1.54) is 7.11 Å². The lowest BCUT2D eigenvalue weighted by Gasteiger charge is -2.40. The molecule has 1 aromatic heterocycles. The summed E-state index contributed by atoms with van der Waals surface area (Å²) in [5.74, 6) is -0.514. The van der Waals surface area contributed by atoms with Crippen molar-refractivity contribution in [1.29, 1.82) is 0 Å². The van der Waals surface area contributed by atoms with Gasteiger partial charge in [-0.05, 0) is 31.0 Å². The number of rotatable bonds is 6. The van der Waals surface area contributed by atoms with Crippen LogP contribution in [-0.4, -0.2) is 78.7 Å². The van der Waals surface area contributed by atoms with E-state index in [0.29, 0.717) is 65.8 Å². The van der Waals surface area contributed by atoms with Crippen molar-refractivity contribution in [3.8, 4) is 11.3 Å². The van der Waals surface area contributed by atoms with Gasteiger partial charge in [-0.25, -0.2) is 9.78 Å². The molecule has 10 nitrogen and oxygen atoms in total. The number of piperazine rings is 1. The van der Waals surface area contributed by atoms with Crippen LogP contribution in [0.2, 0.25) is 0 Å². The molecule has 10 heteroatoms. The van der Waals surface area contributed by atoms with Crippen molar-refractivity contribution in [2.75, 3.05) is 45.0 Å². The average molecular weight is 594 g/mol. The van der Waals surface area contributed by atoms with E-state index in [4.69, 9.17) is 14.5 Å². The lowest BCUT2D eigenvalue weighted by molar-refractivity contribution is -0.138. The predicted octanol–water partition coefficient (Wildman–Crippen LogP) is 4.64. The molecule has 2 aliphatic heterocycles. The molecule has 6 rings (SSSR count). The standard InChI is InChI=1S/C34H35N5O5/c1-43-34(42)39(26-12-6-3-7-13-26)36-33(41)31-27-14-8-9-15-29(27)35-32(24-10-4-2-5-11-24)28(31)22-38-19-18-37(23-30(38)40)25-16-20-44-21-17-25/h2-15,25H,16-23H2,1H3,(H,36,41). The number of amides is 3. The van der Waals surface area contributed by atoms with Crippen molar-refractivity contribution in [2.24, 2.45) is 0 Å². The van der Waals surface area contributed by atoms with Crippen LogP contribution < -0.4 is 10.4 Å². The number of pyridine rings is 1. The largest absolute Gasteiger partial charge is 0.451 e. The Labute approximate surface area is 256 Å². The molecule has 0 aliphatic carbocycles. The number of fused-ring (bicyclic) bond motifs is 1. The molecule has 0 bridgehead atoms. The highest BCUT2D eigenvalue weighted by Crippen LogP contribution is 2.32. The third-order valence-electron chi connectivity index (χ3n) is 8.26. The van der Waals surface area contributed by atoms with Gasteiger partial charge in [-0.3, -0.25) is 19.9 Å². The number of hydrogen-bond acceptors (Lipinski definition) is 7. The number of methoxy groups -OCH3 is 1. The molecule has 2 aliphatic rings. The third kappa shape index (κ3) is 6.13. The number of carbonyl (C=O) groups is 3. The van der Waals surface area contributed by atoms with Crippen LogP contribution in [-0.2, 0) is 20.8 Å². The summed E-state index contributed by atoms with van der Waals surface area (Å²) in [5.41, 5.74) is 6.23. The Morgan fingerprint density at radius 3 is 2.34 bits per heavy atom. The van der Waals surface area contributed by atoms with Crippen molar-refractivity contribution < 1.29 is 23.9 Å². The van der Waals surface area contributed by atoms with E-state index in [1.807, 2.05) is 60.7 Å². The predicted molar refractivity (Wildman–Crippen MR) is 167 cm³/mol. The number of para-hydroxylation sites is 2. The molecule has 226 valence electrons. The smallest absolute Gasteiger partial charge is 0.433 e. The zero-order valence-corrected chi connectivity index (χ0v) is 24.6. The molecule has 0 unspecified atom stereocenters. The number of hydrazine groups is 1. The minimum absolute atomic E-state index is 0.00161. The molecule has 3 heterocycles. The van der Waals surface area contributed by atoms with Crippen LogP contribution in [0.1, 0.15) is 28.8 Å². The number of aromatic nitrogens is 1. The van der Waals surface area contributed by atoms with Crippen molar-refractivity contribution in [2.45, 2.75) is 25.4 Å². The number of anilines is 1. The highest BCUT2D eigenvalue weighted by atomic mass is 16.5. The number of benzene rings is 3. The summed E-state index contributed by atoms with van der Waals surface area (Å²) in [6, 6.07) is 26.2. The minimum atomic E-state index is -0.743. The maximum atomic E-state index is 14.3. The monoisotopic (exact) mass is 593 g/mol. The van der Waals surface area contributed by atoms with Crippen LogP contribution in [0.4, 0.5) is 10.5 Å². The first-order valence-corrected chi connectivity index (χ1v) is 14.8. The number of nitrogens with zero attached hydrogens (tertiary/aromatic N) is 4. The highest BCUT2D eigenvalue weighted by molar-refractivity contribution is 6.10. The third-order valence-corrected chi connectivity index (χ3v) is 8.26. The summed E-state index contributed by atoms with van der Waals surface area (Å²) in [4.78, 5) is 49.8. The number of ether oxygens (including phenoxy) is 2. The van der Waals surface area contributed by atoms with E-state index in [1.54, 1.807) is 29.2 Å². The van der Waals surface area contributed by atoms with E-state index in [-0.39, 0.29) is 12.5 Å². The van der Waals surface area contributed by atoms with Crippen molar-refractivity contribution >= 4 is 34.5 Å². The van der Waals surface area contributed by atoms with Crippen molar-refractivity contribution in [3.63, 3.8) is 0 Å². The molecule has 3 aromatic carbocycles. The summed E-state index contributed by atoms with van der Waals surface area (Å²) in [5, 5.41) is 1.70.